The van der Waals surface area contributed by atoms with Crippen molar-refractivity contribution in [2.45, 2.75) is 12.3 Å². The van der Waals surface area contributed by atoms with Gasteiger partial charge in [-0.25, -0.2) is 9.97 Å². The minimum atomic E-state index is -0.240. The molecule has 0 aliphatic rings. The average Bonchev–Trinajstić information content (AvgIpc) is 2.50. The fourth-order valence-electron chi connectivity index (χ4n) is 1.68. The molecule has 0 aliphatic heterocycles. The zero-order chi connectivity index (χ0) is 14.4. The Labute approximate surface area is 125 Å². The predicted molar refractivity (Wildman–Crippen MR) is 80.2 cm³/mol. The largest absolute Gasteiger partial charge is 0.494 e. The van der Waals surface area contributed by atoms with E-state index >= 15 is 0 Å². The first-order chi connectivity index (χ1) is 9.74. The van der Waals surface area contributed by atoms with Crippen molar-refractivity contribution in [1.82, 2.24) is 9.97 Å². The van der Waals surface area contributed by atoms with Gasteiger partial charge in [-0.1, -0.05) is 15.9 Å². The first kappa shape index (κ1) is 14.5. The van der Waals surface area contributed by atoms with E-state index < -0.39 is 0 Å². The number of rotatable bonds is 5. The van der Waals surface area contributed by atoms with E-state index in [0.717, 1.165) is 11.3 Å². The molecule has 2 rings (SSSR count). The molecule has 0 fully saturated rings. The standard InChI is InChI=1S/C14H14BrN3O2/c1-2-20-13-4-3-12(5-10(13)6-15)18-14(19)11-7-16-9-17-8-11/h3-5,7-9H,2,6H2,1H3,(H,18,19). The zero-order valence-electron chi connectivity index (χ0n) is 11.0. The van der Waals surface area contributed by atoms with Crippen LogP contribution in [0.4, 0.5) is 5.69 Å². The van der Waals surface area contributed by atoms with Crippen LogP contribution in [0, 0.1) is 0 Å². The molecule has 0 atom stereocenters. The van der Waals surface area contributed by atoms with Crippen molar-refractivity contribution in [2.75, 3.05) is 11.9 Å². The molecule has 0 aliphatic carbocycles. The number of carbonyl (C=O) groups excluding carboxylic acids is 1. The molecule has 0 unspecified atom stereocenters. The van der Waals surface area contributed by atoms with Gasteiger partial charge in [-0.3, -0.25) is 4.79 Å². The highest BCUT2D eigenvalue weighted by Crippen LogP contribution is 2.25. The molecule has 1 amide bonds. The Morgan fingerprint density at radius 2 is 2.10 bits per heavy atom. The van der Waals surface area contributed by atoms with Crippen LogP contribution in [0.2, 0.25) is 0 Å². The molecule has 6 heteroatoms. The summed E-state index contributed by atoms with van der Waals surface area (Å²) in [5.74, 6) is 0.570. The van der Waals surface area contributed by atoms with Crippen LogP contribution in [0.15, 0.2) is 36.9 Å². The maximum absolute atomic E-state index is 12.0. The Hall–Kier alpha value is -1.95. The van der Waals surface area contributed by atoms with Gasteiger partial charge in [0.1, 0.15) is 12.1 Å². The highest BCUT2D eigenvalue weighted by Gasteiger charge is 2.09. The lowest BCUT2D eigenvalue weighted by atomic mass is 10.2. The Kier molecular flexibility index (Phi) is 5.06. The third kappa shape index (κ3) is 3.54. The molecule has 2 aromatic rings. The van der Waals surface area contributed by atoms with E-state index in [2.05, 4.69) is 31.2 Å². The second-order valence-electron chi connectivity index (χ2n) is 3.97. The fourth-order valence-corrected chi connectivity index (χ4v) is 2.12. The summed E-state index contributed by atoms with van der Waals surface area (Å²) in [7, 11) is 0. The second kappa shape index (κ2) is 7.00. The topological polar surface area (TPSA) is 64.1 Å². The van der Waals surface area contributed by atoms with Crippen LogP contribution >= 0.6 is 15.9 Å². The van der Waals surface area contributed by atoms with Crippen LogP contribution in [0.3, 0.4) is 0 Å². The van der Waals surface area contributed by atoms with Gasteiger partial charge in [0.15, 0.2) is 0 Å². The lowest BCUT2D eigenvalue weighted by Gasteiger charge is -2.11. The van der Waals surface area contributed by atoms with Crippen LogP contribution < -0.4 is 10.1 Å². The summed E-state index contributed by atoms with van der Waals surface area (Å²) in [6, 6.07) is 5.53. The number of hydrogen-bond acceptors (Lipinski definition) is 4. The normalized spacial score (nSPS) is 10.1. The van der Waals surface area contributed by atoms with E-state index in [1.54, 1.807) is 6.07 Å². The number of anilines is 1. The molecular weight excluding hydrogens is 322 g/mol. The molecule has 0 radical (unpaired) electrons. The SMILES string of the molecule is CCOc1ccc(NC(=O)c2cncnc2)cc1CBr. The van der Waals surface area contributed by atoms with Crippen molar-refractivity contribution in [3.05, 3.63) is 48.0 Å². The number of hydrogen-bond donors (Lipinski definition) is 1. The maximum atomic E-state index is 12.0. The number of alkyl halides is 1. The van der Waals surface area contributed by atoms with Crippen molar-refractivity contribution in [1.29, 1.82) is 0 Å². The monoisotopic (exact) mass is 335 g/mol. The van der Waals surface area contributed by atoms with Gasteiger partial charge >= 0.3 is 0 Å². The smallest absolute Gasteiger partial charge is 0.258 e. The van der Waals surface area contributed by atoms with Gasteiger partial charge in [0.2, 0.25) is 0 Å². The molecule has 5 nitrogen and oxygen atoms in total. The number of nitrogens with one attached hydrogen (secondary N) is 1. The lowest BCUT2D eigenvalue weighted by molar-refractivity contribution is 0.102. The van der Waals surface area contributed by atoms with E-state index in [4.69, 9.17) is 4.74 Å². The third-order valence-corrected chi connectivity index (χ3v) is 3.19. The van der Waals surface area contributed by atoms with Gasteiger partial charge < -0.3 is 10.1 Å². The maximum Gasteiger partial charge on any atom is 0.258 e. The summed E-state index contributed by atoms with van der Waals surface area (Å²) < 4.78 is 5.51. The van der Waals surface area contributed by atoms with Crippen LogP contribution in [0.1, 0.15) is 22.8 Å². The number of nitrogens with zero attached hydrogens (tertiary/aromatic N) is 2. The van der Waals surface area contributed by atoms with Gasteiger partial charge in [-0.2, -0.15) is 0 Å². The zero-order valence-corrected chi connectivity index (χ0v) is 12.6. The molecule has 0 bridgehead atoms. The predicted octanol–water partition coefficient (Wildman–Crippen LogP) is 3.02. The second-order valence-corrected chi connectivity index (χ2v) is 4.53. The van der Waals surface area contributed by atoms with E-state index in [1.165, 1.54) is 18.7 Å². The molecule has 0 spiro atoms. The van der Waals surface area contributed by atoms with Gasteiger partial charge in [0.25, 0.3) is 5.91 Å². The molecule has 1 aromatic carbocycles. The molecule has 1 heterocycles. The Morgan fingerprint density at radius 3 is 2.75 bits per heavy atom. The highest BCUT2D eigenvalue weighted by molar-refractivity contribution is 9.08. The number of carbonyl (C=O) groups is 1. The minimum Gasteiger partial charge on any atom is -0.494 e. The van der Waals surface area contributed by atoms with E-state index in [9.17, 15) is 4.79 Å². The van der Waals surface area contributed by atoms with Crippen LogP contribution in [-0.2, 0) is 5.33 Å². The summed E-state index contributed by atoms with van der Waals surface area (Å²) in [6.07, 6.45) is 4.33. The van der Waals surface area contributed by atoms with Crippen molar-refractivity contribution in [3.8, 4) is 5.75 Å². The van der Waals surface area contributed by atoms with Gasteiger partial charge in [-0.05, 0) is 25.1 Å². The molecule has 104 valence electrons. The molecule has 1 aromatic heterocycles. The summed E-state index contributed by atoms with van der Waals surface area (Å²) in [5.41, 5.74) is 2.10. The number of benzene rings is 1. The third-order valence-electron chi connectivity index (χ3n) is 2.58. The summed E-state index contributed by atoms with van der Waals surface area (Å²) in [4.78, 5) is 19.6. The van der Waals surface area contributed by atoms with E-state index in [-0.39, 0.29) is 5.91 Å². The fraction of sp³-hybridized carbons (Fsp3) is 0.214. The lowest BCUT2D eigenvalue weighted by Crippen LogP contribution is -2.12. The number of ether oxygens (including phenoxy) is 1. The van der Waals surface area contributed by atoms with Gasteiger partial charge in [0, 0.05) is 29.0 Å². The summed E-state index contributed by atoms with van der Waals surface area (Å²) in [6.45, 7) is 2.54. The Morgan fingerprint density at radius 1 is 1.35 bits per heavy atom. The molecule has 20 heavy (non-hydrogen) atoms. The van der Waals surface area contributed by atoms with Crippen LogP contribution in [-0.4, -0.2) is 22.5 Å². The average molecular weight is 336 g/mol. The quantitative estimate of drug-likeness (QED) is 0.853. The van der Waals surface area contributed by atoms with Gasteiger partial charge in [-0.15, -0.1) is 0 Å². The number of amides is 1. The Bertz CT molecular complexity index is 590. The van der Waals surface area contributed by atoms with Crippen molar-refractivity contribution < 1.29 is 9.53 Å². The van der Waals surface area contributed by atoms with Crippen LogP contribution in [0.5, 0.6) is 5.75 Å². The first-order valence-corrected chi connectivity index (χ1v) is 7.24. The molecule has 0 saturated carbocycles. The van der Waals surface area contributed by atoms with Crippen molar-refractivity contribution >= 4 is 27.5 Å². The van der Waals surface area contributed by atoms with E-state index in [1.807, 2.05) is 19.1 Å². The summed E-state index contributed by atoms with van der Waals surface area (Å²) >= 11 is 3.41. The van der Waals surface area contributed by atoms with Gasteiger partial charge in [0.05, 0.1) is 12.2 Å². The van der Waals surface area contributed by atoms with Crippen molar-refractivity contribution in [2.24, 2.45) is 0 Å². The van der Waals surface area contributed by atoms with Crippen molar-refractivity contribution in [3.63, 3.8) is 0 Å². The van der Waals surface area contributed by atoms with E-state index in [0.29, 0.717) is 23.2 Å². The Balaban J connectivity index is 2.16. The van der Waals surface area contributed by atoms with Crippen LogP contribution in [0.25, 0.3) is 0 Å². The number of halogens is 1. The minimum absolute atomic E-state index is 0.240. The molecular formula is C14H14BrN3O2. The number of aromatic nitrogens is 2. The summed E-state index contributed by atoms with van der Waals surface area (Å²) in [5, 5.41) is 3.46. The first-order valence-electron chi connectivity index (χ1n) is 6.12. The highest BCUT2D eigenvalue weighted by atomic mass is 79.9. The molecule has 0 saturated heterocycles. The molecule has 1 N–H and O–H groups in total.